The maximum atomic E-state index is 12.8. The number of carbonyl (C=O) groups is 1. The van der Waals surface area contributed by atoms with Gasteiger partial charge < -0.3 is 23.9 Å². The van der Waals surface area contributed by atoms with Crippen LogP contribution >= 0.6 is 0 Å². The Morgan fingerprint density at radius 1 is 0.773 bits per heavy atom. The molecule has 2 unspecified atom stereocenters. The Morgan fingerprint density at radius 3 is 1.77 bits per heavy atom. The first-order valence-electron chi connectivity index (χ1n) is 13.8. The predicted molar refractivity (Wildman–Crippen MR) is 172 cm³/mol. The number of unbranched alkanes of at least 4 members (excludes halogenated alkanes) is 1. The second-order valence-electron chi connectivity index (χ2n) is 9.93. The maximum Gasteiger partial charge on any atom is 0.340 e. The lowest BCUT2D eigenvalue weighted by Crippen LogP contribution is -2.22. The van der Waals surface area contributed by atoms with Crippen molar-refractivity contribution in [2.75, 3.05) is 27.6 Å². The Labute approximate surface area is 262 Å². The second-order valence-corrected chi connectivity index (χ2v) is 11.5. The summed E-state index contributed by atoms with van der Waals surface area (Å²) in [4.78, 5) is 12.8. The summed E-state index contributed by atoms with van der Waals surface area (Å²) >= 11 is -5.37. The number of benzene rings is 4. The largest absolute Gasteiger partial charge is 0.755 e. The minimum Gasteiger partial charge on any atom is -0.755 e. The first-order chi connectivity index (χ1) is 21.1. The molecule has 232 valence electrons. The van der Waals surface area contributed by atoms with E-state index in [1.165, 1.54) is 23.5 Å². The third kappa shape index (κ3) is 7.83. The molecule has 4 rings (SSSR count). The molecule has 0 aliphatic rings. The number of carbonyl (C=O) groups excluding carboxylic acids is 1. The minimum atomic E-state index is -2.75. The van der Waals surface area contributed by atoms with Gasteiger partial charge in [0.15, 0.2) is 0 Å². The van der Waals surface area contributed by atoms with Gasteiger partial charge in [-0.25, -0.2) is 4.79 Å². The van der Waals surface area contributed by atoms with Crippen molar-refractivity contribution in [3.8, 4) is 11.5 Å². The van der Waals surface area contributed by atoms with Crippen LogP contribution in [0.15, 0.2) is 84.9 Å². The van der Waals surface area contributed by atoms with E-state index < -0.39 is 28.5 Å². The third-order valence-corrected chi connectivity index (χ3v) is 8.11. The van der Waals surface area contributed by atoms with E-state index in [1.807, 2.05) is 26.0 Å². The van der Waals surface area contributed by atoms with Gasteiger partial charge in [0.1, 0.15) is 11.5 Å². The number of esters is 1. The van der Waals surface area contributed by atoms with E-state index >= 15 is 0 Å². The number of anilines is 5. The quantitative estimate of drug-likeness (QED) is 0.0947. The molecule has 1 N–H and O–H groups in total. The molecule has 0 amide bonds. The number of nitrogens with one attached hydrogen (secondary N) is 1. The van der Waals surface area contributed by atoms with Gasteiger partial charge in [-0.1, -0.05) is 48.7 Å². The lowest BCUT2D eigenvalue weighted by atomic mass is 10.1. The molecule has 12 heteroatoms. The zero-order valence-corrected chi connectivity index (χ0v) is 26.4. The summed E-state index contributed by atoms with van der Waals surface area (Å²) in [6, 6.07) is 23.3. The fourth-order valence-electron chi connectivity index (χ4n) is 4.43. The zero-order valence-electron chi connectivity index (χ0n) is 24.8. The van der Waals surface area contributed by atoms with E-state index in [0.29, 0.717) is 35.0 Å². The molecule has 0 bridgehead atoms. The topological polar surface area (TPSA) is 134 Å². The molecule has 0 fully saturated rings. The smallest absolute Gasteiger partial charge is 0.340 e. The summed E-state index contributed by atoms with van der Waals surface area (Å²) in [5.41, 5.74) is 3.75. The van der Waals surface area contributed by atoms with Gasteiger partial charge in [0.2, 0.25) is 0 Å². The summed E-state index contributed by atoms with van der Waals surface area (Å²) in [7, 11) is 1.21. The van der Waals surface area contributed by atoms with Crippen LogP contribution in [0.4, 0.5) is 28.4 Å². The summed E-state index contributed by atoms with van der Waals surface area (Å²) < 4.78 is 62.7. The van der Waals surface area contributed by atoms with E-state index in [-0.39, 0.29) is 17.0 Å². The molecule has 4 aromatic rings. The van der Waals surface area contributed by atoms with E-state index in [2.05, 4.69) is 12.2 Å². The standard InChI is InChI=1S/C32H35N3O7S2/c1-5-6-19-33-29-21-27(16-18-31(29)35(44(39)40)25-13-9-23(3)10-14-25)42-26-15-17-30(28(20-26)32(36)41-4)34(43(37)38)24-11-7-22(2)8-12-24/h7-18,20-21,33H,5-6,19H2,1-4H3,(H,37,38)(H,39,40)/p-2. The second kappa shape index (κ2) is 15.0. The lowest BCUT2D eigenvalue weighted by molar-refractivity contribution is 0.0601. The molecule has 0 aromatic heterocycles. The number of ether oxygens (including phenoxy) is 2. The number of aryl methyl sites for hydroxylation is 2. The van der Waals surface area contributed by atoms with Crippen LogP contribution in [0.5, 0.6) is 11.5 Å². The Kier molecular flexibility index (Phi) is 11.1. The Bertz CT molecular complexity index is 1650. The monoisotopic (exact) mass is 635 g/mol. The average Bonchev–Trinajstić information content (AvgIpc) is 3.00. The fraction of sp³-hybridized carbons (Fsp3) is 0.219. The summed E-state index contributed by atoms with van der Waals surface area (Å²) in [5, 5.41) is 3.31. The fourth-order valence-corrected chi connectivity index (χ4v) is 5.66. The highest BCUT2D eigenvalue weighted by Gasteiger charge is 2.22. The molecule has 0 heterocycles. The number of rotatable bonds is 13. The Balaban J connectivity index is 1.73. The highest BCUT2D eigenvalue weighted by Crippen LogP contribution is 2.39. The number of nitrogens with zero attached hydrogens (tertiary/aromatic N) is 2. The van der Waals surface area contributed by atoms with Gasteiger partial charge in [0.25, 0.3) is 0 Å². The molecule has 0 saturated heterocycles. The van der Waals surface area contributed by atoms with Crippen LogP contribution in [0, 0.1) is 13.8 Å². The normalized spacial score (nSPS) is 12.2. The summed E-state index contributed by atoms with van der Waals surface area (Å²) in [6.45, 7) is 6.46. The van der Waals surface area contributed by atoms with Gasteiger partial charge in [-0.2, -0.15) is 0 Å². The van der Waals surface area contributed by atoms with Crippen LogP contribution in [0.1, 0.15) is 41.3 Å². The lowest BCUT2D eigenvalue weighted by Gasteiger charge is -2.29. The molecular formula is C32H33N3O7S2-2. The Morgan fingerprint density at radius 2 is 1.27 bits per heavy atom. The van der Waals surface area contributed by atoms with Crippen LogP contribution in [0.2, 0.25) is 0 Å². The van der Waals surface area contributed by atoms with Crippen LogP contribution < -0.4 is 18.7 Å². The van der Waals surface area contributed by atoms with Gasteiger partial charge in [0, 0.05) is 12.6 Å². The number of hydrogen-bond acceptors (Lipinski definition) is 8. The van der Waals surface area contributed by atoms with Gasteiger partial charge in [-0.05, 0) is 74.9 Å². The number of methoxy groups -OCH3 is 1. The van der Waals surface area contributed by atoms with E-state index in [9.17, 15) is 22.3 Å². The van der Waals surface area contributed by atoms with Gasteiger partial charge >= 0.3 is 5.97 Å². The van der Waals surface area contributed by atoms with Crippen molar-refractivity contribution >= 4 is 56.9 Å². The summed E-state index contributed by atoms with van der Waals surface area (Å²) in [5.74, 6) is -0.152. The van der Waals surface area contributed by atoms with Crippen LogP contribution in [0.25, 0.3) is 0 Å². The number of hydrogen-bond donors (Lipinski definition) is 1. The van der Waals surface area contributed by atoms with Crippen molar-refractivity contribution in [1.29, 1.82) is 0 Å². The van der Waals surface area contributed by atoms with Crippen LogP contribution in [-0.4, -0.2) is 37.1 Å². The molecule has 0 aliphatic heterocycles. The third-order valence-electron chi connectivity index (χ3n) is 6.70. The summed E-state index contributed by atoms with van der Waals surface area (Å²) in [6.07, 6.45) is 1.79. The first-order valence-corrected chi connectivity index (χ1v) is 15.9. The highest BCUT2D eigenvalue weighted by molar-refractivity contribution is 7.81. The Hall–Kier alpha value is -4.23. The maximum absolute atomic E-state index is 12.8. The zero-order chi connectivity index (χ0) is 31.8. The van der Waals surface area contributed by atoms with E-state index in [4.69, 9.17) is 9.47 Å². The van der Waals surface area contributed by atoms with E-state index in [0.717, 1.165) is 28.3 Å². The van der Waals surface area contributed by atoms with Crippen LogP contribution in [-0.2, 0) is 27.3 Å². The molecular weight excluding hydrogens is 603 g/mol. The molecule has 0 radical (unpaired) electrons. The van der Waals surface area contributed by atoms with Crippen molar-refractivity contribution < 1.29 is 31.8 Å². The SMILES string of the molecule is CCCCNc1cc(Oc2ccc(N(c3ccc(C)cc3)S(=O)[O-])c(C(=O)OC)c2)ccc1N(c1ccc(C)cc1)S(=O)[O-]. The van der Waals surface area contributed by atoms with E-state index in [1.54, 1.807) is 60.7 Å². The van der Waals surface area contributed by atoms with Crippen molar-refractivity contribution in [2.24, 2.45) is 0 Å². The van der Waals surface area contributed by atoms with Crippen molar-refractivity contribution in [2.45, 2.75) is 33.6 Å². The van der Waals surface area contributed by atoms with Gasteiger partial charge in [-0.3, -0.25) is 17.0 Å². The van der Waals surface area contributed by atoms with Gasteiger partial charge in [-0.15, -0.1) is 0 Å². The highest BCUT2D eigenvalue weighted by atomic mass is 32.2. The average molecular weight is 636 g/mol. The van der Waals surface area contributed by atoms with Gasteiger partial charge in [0.05, 0.1) is 63.6 Å². The van der Waals surface area contributed by atoms with Crippen LogP contribution in [0.3, 0.4) is 0 Å². The van der Waals surface area contributed by atoms with Crippen molar-refractivity contribution in [3.05, 3.63) is 102 Å². The molecule has 0 aliphatic carbocycles. The molecule has 0 spiro atoms. The predicted octanol–water partition coefficient (Wildman–Crippen LogP) is 6.96. The molecule has 2 atom stereocenters. The molecule has 10 nitrogen and oxygen atoms in total. The van der Waals surface area contributed by atoms with Crippen molar-refractivity contribution in [3.63, 3.8) is 0 Å². The molecule has 0 saturated carbocycles. The van der Waals surface area contributed by atoms with Crippen molar-refractivity contribution in [1.82, 2.24) is 0 Å². The first kappa shape index (κ1) is 32.7. The molecule has 44 heavy (non-hydrogen) atoms. The minimum absolute atomic E-state index is 0.0278. The molecule has 4 aromatic carbocycles.